The van der Waals surface area contributed by atoms with Gasteiger partial charge < -0.3 is 0 Å². The number of hydrogen-bond donors (Lipinski definition) is 0. The zero-order valence-corrected chi connectivity index (χ0v) is 19.6. The van der Waals surface area contributed by atoms with E-state index in [4.69, 9.17) is 9.31 Å². The van der Waals surface area contributed by atoms with Crippen LogP contribution in [0.3, 0.4) is 0 Å². The van der Waals surface area contributed by atoms with Gasteiger partial charge in [-0.15, -0.1) is 0 Å². The minimum atomic E-state index is -0.212. The summed E-state index contributed by atoms with van der Waals surface area (Å²) in [5, 5.41) is 1.32. The van der Waals surface area contributed by atoms with E-state index < -0.39 is 0 Å². The van der Waals surface area contributed by atoms with Gasteiger partial charge in [-0.25, -0.2) is 0 Å². The standard InChI is InChI=1S/C23H37BO2Se/c1-18-13-15-20(16-14-18)27-17-9-12-21(19-10-7-6-8-11-19)24-25-22(2,3)23(4,5)26-24/h13-16,19,21H,6-12,17H2,1-5H3. The van der Waals surface area contributed by atoms with Gasteiger partial charge in [0.15, 0.2) is 0 Å². The summed E-state index contributed by atoms with van der Waals surface area (Å²) in [6.45, 7) is 10.9. The van der Waals surface area contributed by atoms with Crippen molar-refractivity contribution in [2.45, 2.75) is 102 Å². The minimum absolute atomic E-state index is 0.0232. The molecule has 2 nitrogen and oxygen atoms in total. The summed E-state index contributed by atoms with van der Waals surface area (Å²) in [6, 6.07) is 9.10. The number of hydrogen-bond acceptors (Lipinski definition) is 2. The van der Waals surface area contributed by atoms with Gasteiger partial charge in [-0.05, 0) is 0 Å². The predicted octanol–water partition coefficient (Wildman–Crippen LogP) is 5.57. The number of rotatable bonds is 7. The molecule has 27 heavy (non-hydrogen) atoms. The van der Waals surface area contributed by atoms with Crippen molar-refractivity contribution in [3.05, 3.63) is 29.8 Å². The molecular weight excluding hydrogens is 398 g/mol. The monoisotopic (exact) mass is 436 g/mol. The first kappa shape index (κ1) is 21.4. The van der Waals surface area contributed by atoms with E-state index >= 15 is 0 Å². The second-order valence-electron chi connectivity index (χ2n) is 9.49. The van der Waals surface area contributed by atoms with Gasteiger partial charge in [-0.3, -0.25) is 0 Å². The van der Waals surface area contributed by atoms with E-state index in [0.717, 1.165) is 5.92 Å². The van der Waals surface area contributed by atoms with Crippen LogP contribution in [0.5, 0.6) is 0 Å². The van der Waals surface area contributed by atoms with Crippen LogP contribution in [0.15, 0.2) is 24.3 Å². The molecule has 1 aromatic carbocycles. The molecule has 1 aliphatic carbocycles. The van der Waals surface area contributed by atoms with E-state index in [2.05, 4.69) is 58.9 Å². The van der Waals surface area contributed by atoms with Gasteiger partial charge in [0.05, 0.1) is 0 Å². The maximum absolute atomic E-state index is 6.49. The third kappa shape index (κ3) is 5.41. The Morgan fingerprint density at radius 2 is 1.59 bits per heavy atom. The summed E-state index contributed by atoms with van der Waals surface area (Å²) < 4.78 is 14.5. The summed E-state index contributed by atoms with van der Waals surface area (Å²) >= 11 is 0.584. The van der Waals surface area contributed by atoms with Crippen LogP contribution in [0, 0.1) is 12.8 Å². The Morgan fingerprint density at radius 1 is 1.00 bits per heavy atom. The third-order valence-electron chi connectivity index (χ3n) is 6.85. The average molecular weight is 435 g/mol. The second kappa shape index (κ2) is 9.03. The Labute approximate surface area is 173 Å². The molecule has 1 aromatic rings. The summed E-state index contributed by atoms with van der Waals surface area (Å²) in [4.78, 5) is 0. The molecule has 0 aromatic heterocycles. The number of benzene rings is 1. The molecule has 4 heteroatoms. The van der Waals surface area contributed by atoms with Crippen LogP contribution in [0.4, 0.5) is 0 Å². The van der Waals surface area contributed by atoms with Crippen LogP contribution >= 0.6 is 0 Å². The van der Waals surface area contributed by atoms with Crippen LogP contribution in [0.1, 0.15) is 78.2 Å². The normalized spacial score (nSPS) is 23.5. The van der Waals surface area contributed by atoms with Gasteiger partial charge >= 0.3 is 173 Å². The molecule has 0 amide bonds. The van der Waals surface area contributed by atoms with Gasteiger partial charge in [-0.1, -0.05) is 0 Å². The first-order valence-electron chi connectivity index (χ1n) is 10.8. The van der Waals surface area contributed by atoms with E-state index in [0.29, 0.717) is 20.8 Å². The van der Waals surface area contributed by atoms with Crippen molar-refractivity contribution in [1.82, 2.24) is 0 Å². The van der Waals surface area contributed by atoms with Gasteiger partial charge in [0.25, 0.3) is 0 Å². The summed E-state index contributed by atoms with van der Waals surface area (Å²) in [5.74, 6) is 1.33. The molecule has 1 unspecified atom stereocenters. The molecule has 1 saturated heterocycles. The van der Waals surface area contributed by atoms with Crippen molar-refractivity contribution in [2.24, 2.45) is 5.92 Å². The topological polar surface area (TPSA) is 18.5 Å². The molecule has 1 aliphatic heterocycles. The molecule has 2 fully saturated rings. The molecular formula is C23H37BO2Se. The molecule has 150 valence electrons. The molecule has 0 bridgehead atoms. The van der Waals surface area contributed by atoms with Gasteiger partial charge in [0.1, 0.15) is 0 Å². The molecule has 3 rings (SSSR count). The SMILES string of the molecule is Cc1ccc([Se]CCCC(B2OC(C)(C)C(C)(C)O2)C2CCCCC2)cc1. The van der Waals surface area contributed by atoms with Crippen LogP contribution in [-0.4, -0.2) is 33.3 Å². The van der Waals surface area contributed by atoms with Crippen molar-refractivity contribution in [1.29, 1.82) is 0 Å². The van der Waals surface area contributed by atoms with Gasteiger partial charge in [-0.2, -0.15) is 0 Å². The Hall–Kier alpha value is -0.276. The predicted molar refractivity (Wildman–Crippen MR) is 117 cm³/mol. The first-order valence-corrected chi connectivity index (χ1v) is 12.9. The van der Waals surface area contributed by atoms with Gasteiger partial charge in [0.2, 0.25) is 0 Å². The fourth-order valence-electron chi connectivity index (χ4n) is 4.36. The van der Waals surface area contributed by atoms with E-state index in [1.54, 1.807) is 0 Å². The average Bonchev–Trinajstić information content (AvgIpc) is 2.84. The Morgan fingerprint density at radius 3 is 2.19 bits per heavy atom. The fraction of sp³-hybridized carbons (Fsp3) is 0.739. The van der Waals surface area contributed by atoms with Crippen molar-refractivity contribution in [3.8, 4) is 0 Å². The molecule has 0 N–H and O–H groups in total. The van der Waals surface area contributed by atoms with Crippen molar-refractivity contribution >= 4 is 26.5 Å². The van der Waals surface area contributed by atoms with E-state index in [1.165, 1.54) is 60.3 Å². The van der Waals surface area contributed by atoms with Crippen LogP contribution < -0.4 is 4.46 Å². The molecule has 1 atom stereocenters. The summed E-state index contributed by atoms with van der Waals surface area (Å²) in [5.41, 5.74) is 0.931. The fourth-order valence-corrected chi connectivity index (χ4v) is 6.20. The molecule has 0 spiro atoms. The van der Waals surface area contributed by atoms with Crippen molar-refractivity contribution in [2.75, 3.05) is 0 Å². The van der Waals surface area contributed by atoms with Crippen molar-refractivity contribution in [3.63, 3.8) is 0 Å². The summed E-state index contributed by atoms with van der Waals surface area (Å²) in [6.07, 6.45) is 9.43. The Kier molecular flexibility index (Phi) is 7.17. The van der Waals surface area contributed by atoms with E-state index in [9.17, 15) is 0 Å². The Bertz CT molecular complexity index is 577. The Balaban J connectivity index is 1.58. The summed E-state index contributed by atoms with van der Waals surface area (Å²) in [7, 11) is -0.0232. The zero-order valence-electron chi connectivity index (χ0n) is 17.9. The molecule has 1 heterocycles. The van der Waals surface area contributed by atoms with Crippen LogP contribution in [0.2, 0.25) is 11.1 Å². The van der Waals surface area contributed by atoms with Crippen LogP contribution in [-0.2, 0) is 9.31 Å². The van der Waals surface area contributed by atoms with Crippen LogP contribution in [0.25, 0.3) is 0 Å². The zero-order chi connectivity index (χ0) is 19.5. The van der Waals surface area contributed by atoms with Crippen molar-refractivity contribution < 1.29 is 9.31 Å². The molecule has 0 radical (unpaired) electrons. The van der Waals surface area contributed by atoms with E-state index in [1.807, 2.05) is 0 Å². The molecule has 2 aliphatic rings. The first-order chi connectivity index (χ1) is 12.8. The maximum atomic E-state index is 6.49. The second-order valence-corrected chi connectivity index (χ2v) is 11.9. The third-order valence-corrected chi connectivity index (χ3v) is 9.15. The quantitative estimate of drug-likeness (QED) is 0.412. The number of aryl methyl sites for hydroxylation is 1. The van der Waals surface area contributed by atoms with Gasteiger partial charge in [0, 0.05) is 0 Å². The van der Waals surface area contributed by atoms with E-state index in [-0.39, 0.29) is 18.3 Å². The molecule has 1 saturated carbocycles.